The molecular formula is C17H24N2O2. The van der Waals surface area contributed by atoms with Gasteiger partial charge in [-0.05, 0) is 37.1 Å². The molecule has 114 valence electrons. The molecule has 0 unspecified atom stereocenters. The molecule has 0 radical (unpaired) electrons. The fourth-order valence-electron chi connectivity index (χ4n) is 2.75. The summed E-state index contributed by atoms with van der Waals surface area (Å²) in [6, 6.07) is 8.27. The number of methoxy groups -OCH3 is 1. The van der Waals surface area contributed by atoms with Crippen molar-refractivity contribution in [2.75, 3.05) is 20.2 Å². The van der Waals surface area contributed by atoms with Crippen molar-refractivity contribution in [1.29, 1.82) is 0 Å². The second-order valence-electron chi connectivity index (χ2n) is 5.35. The molecule has 1 N–H and O–H groups in total. The van der Waals surface area contributed by atoms with Gasteiger partial charge in [-0.3, -0.25) is 4.79 Å². The lowest BCUT2D eigenvalue weighted by atomic mass is 10.1. The van der Waals surface area contributed by atoms with Crippen molar-refractivity contribution >= 4 is 5.91 Å². The number of rotatable bonds is 8. The topological polar surface area (TPSA) is 41.6 Å². The lowest BCUT2D eigenvalue weighted by Crippen LogP contribution is -2.34. The van der Waals surface area contributed by atoms with Crippen LogP contribution < -0.4 is 10.1 Å². The maximum Gasteiger partial charge on any atom is 0.223 e. The van der Waals surface area contributed by atoms with Crippen LogP contribution >= 0.6 is 0 Å². The Morgan fingerprint density at radius 1 is 1.52 bits per heavy atom. The van der Waals surface area contributed by atoms with Crippen molar-refractivity contribution < 1.29 is 9.53 Å². The van der Waals surface area contributed by atoms with Gasteiger partial charge in [0.15, 0.2) is 0 Å². The van der Waals surface area contributed by atoms with Crippen molar-refractivity contribution in [3.05, 3.63) is 42.5 Å². The normalized spacial score (nSPS) is 18.0. The third kappa shape index (κ3) is 4.33. The Hall–Kier alpha value is -1.81. The number of benzene rings is 1. The molecule has 1 fully saturated rings. The standard InChI is InChI=1S/C17H24N2O2/c1-3-10-18-11-9-15-7-8-17(20)19(15)13-14-5-4-6-16(12-14)21-2/h3-6,12,15,18H,1,7-11,13H2,2H3/t15-/m0/s1. The van der Waals surface area contributed by atoms with Crippen molar-refractivity contribution in [3.8, 4) is 5.75 Å². The van der Waals surface area contributed by atoms with E-state index in [-0.39, 0.29) is 5.91 Å². The molecule has 1 aromatic rings. The van der Waals surface area contributed by atoms with Crippen molar-refractivity contribution in [3.63, 3.8) is 0 Å². The van der Waals surface area contributed by atoms with E-state index in [9.17, 15) is 4.79 Å². The summed E-state index contributed by atoms with van der Waals surface area (Å²) in [6.07, 6.45) is 4.46. The average molecular weight is 288 g/mol. The van der Waals surface area contributed by atoms with Gasteiger partial charge in [-0.2, -0.15) is 0 Å². The smallest absolute Gasteiger partial charge is 0.223 e. The Balaban J connectivity index is 1.94. The Morgan fingerprint density at radius 3 is 3.14 bits per heavy atom. The molecule has 1 amide bonds. The van der Waals surface area contributed by atoms with Gasteiger partial charge in [0, 0.05) is 25.6 Å². The van der Waals surface area contributed by atoms with Crippen LogP contribution in [-0.4, -0.2) is 37.0 Å². The van der Waals surface area contributed by atoms with Crippen LogP contribution in [0.3, 0.4) is 0 Å². The highest BCUT2D eigenvalue weighted by Crippen LogP contribution is 2.24. The summed E-state index contributed by atoms with van der Waals surface area (Å²) in [6.45, 7) is 6.09. The Labute approximate surface area is 126 Å². The highest BCUT2D eigenvalue weighted by Gasteiger charge is 2.30. The fraction of sp³-hybridized carbons (Fsp3) is 0.471. The Bertz CT molecular complexity index is 487. The van der Waals surface area contributed by atoms with Crippen LogP contribution in [0.4, 0.5) is 0 Å². The quantitative estimate of drug-likeness (QED) is 0.590. The molecule has 4 heteroatoms. The van der Waals surface area contributed by atoms with Crippen LogP contribution in [0.2, 0.25) is 0 Å². The summed E-state index contributed by atoms with van der Waals surface area (Å²) in [5, 5.41) is 3.30. The van der Waals surface area contributed by atoms with Gasteiger partial charge in [-0.25, -0.2) is 0 Å². The number of nitrogens with zero attached hydrogens (tertiary/aromatic N) is 1. The van der Waals surface area contributed by atoms with Crippen LogP contribution in [0.1, 0.15) is 24.8 Å². The molecule has 2 rings (SSSR count). The van der Waals surface area contributed by atoms with Gasteiger partial charge in [0.25, 0.3) is 0 Å². The van der Waals surface area contributed by atoms with E-state index in [2.05, 4.69) is 11.9 Å². The zero-order chi connectivity index (χ0) is 15.1. The van der Waals surface area contributed by atoms with Gasteiger partial charge < -0.3 is 15.0 Å². The molecule has 0 saturated carbocycles. The van der Waals surface area contributed by atoms with Gasteiger partial charge in [0.1, 0.15) is 5.75 Å². The average Bonchev–Trinajstić information content (AvgIpc) is 2.85. The van der Waals surface area contributed by atoms with E-state index >= 15 is 0 Å². The maximum absolute atomic E-state index is 12.1. The Morgan fingerprint density at radius 2 is 2.38 bits per heavy atom. The second kappa shape index (κ2) is 7.84. The zero-order valence-corrected chi connectivity index (χ0v) is 12.7. The first-order valence-electron chi connectivity index (χ1n) is 7.48. The highest BCUT2D eigenvalue weighted by atomic mass is 16.5. The summed E-state index contributed by atoms with van der Waals surface area (Å²) in [5.74, 6) is 1.09. The molecule has 1 saturated heterocycles. The van der Waals surface area contributed by atoms with E-state index in [0.29, 0.717) is 19.0 Å². The number of ether oxygens (including phenoxy) is 1. The Kier molecular flexibility index (Phi) is 5.81. The molecule has 0 spiro atoms. The van der Waals surface area contributed by atoms with Gasteiger partial charge in [-0.15, -0.1) is 6.58 Å². The fourth-order valence-corrected chi connectivity index (χ4v) is 2.75. The molecule has 1 aromatic carbocycles. The van der Waals surface area contributed by atoms with E-state index in [0.717, 1.165) is 37.2 Å². The van der Waals surface area contributed by atoms with E-state index in [1.807, 2.05) is 35.2 Å². The summed E-state index contributed by atoms with van der Waals surface area (Å²) in [4.78, 5) is 14.1. The molecule has 0 bridgehead atoms. The van der Waals surface area contributed by atoms with Gasteiger partial charge in [0.05, 0.1) is 7.11 Å². The number of carbonyl (C=O) groups is 1. The number of likely N-dealkylation sites (tertiary alicyclic amines) is 1. The predicted octanol–water partition coefficient (Wildman–Crippen LogP) is 2.35. The lowest BCUT2D eigenvalue weighted by molar-refractivity contribution is -0.129. The number of amides is 1. The lowest BCUT2D eigenvalue weighted by Gasteiger charge is -2.25. The largest absolute Gasteiger partial charge is 0.497 e. The molecule has 1 aliphatic heterocycles. The minimum Gasteiger partial charge on any atom is -0.497 e. The summed E-state index contributed by atoms with van der Waals surface area (Å²) >= 11 is 0. The SMILES string of the molecule is C=CCNCC[C@@H]1CCC(=O)N1Cc1cccc(OC)c1. The van der Waals surface area contributed by atoms with Crippen molar-refractivity contribution in [2.24, 2.45) is 0 Å². The molecule has 4 nitrogen and oxygen atoms in total. The van der Waals surface area contributed by atoms with Crippen molar-refractivity contribution in [1.82, 2.24) is 10.2 Å². The molecule has 21 heavy (non-hydrogen) atoms. The van der Waals surface area contributed by atoms with Crippen LogP contribution in [-0.2, 0) is 11.3 Å². The minimum absolute atomic E-state index is 0.256. The number of nitrogens with one attached hydrogen (secondary N) is 1. The third-order valence-electron chi connectivity index (χ3n) is 3.88. The third-order valence-corrected chi connectivity index (χ3v) is 3.88. The number of hydrogen-bond acceptors (Lipinski definition) is 3. The minimum atomic E-state index is 0.256. The first-order chi connectivity index (χ1) is 10.2. The van der Waals surface area contributed by atoms with Gasteiger partial charge >= 0.3 is 0 Å². The van der Waals surface area contributed by atoms with E-state index in [4.69, 9.17) is 4.74 Å². The molecule has 1 atom stereocenters. The van der Waals surface area contributed by atoms with Crippen molar-refractivity contribution in [2.45, 2.75) is 31.8 Å². The molecule has 0 aliphatic carbocycles. The van der Waals surface area contributed by atoms with Crippen LogP contribution in [0.5, 0.6) is 5.75 Å². The number of hydrogen-bond donors (Lipinski definition) is 1. The predicted molar refractivity (Wildman–Crippen MR) is 84.2 cm³/mol. The maximum atomic E-state index is 12.1. The molecular weight excluding hydrogens is 264 g/mol. The molecule has 0 aromatic heterocycles. The highest BCUT2D eigenvalue weighted by molar-refractivity contribution is 5.78. The summed E-state index contributed by atoms with van der Waals surface area (Å²) < 4.78 is 5.24. The summed E-state index contributed by atoms with van der Waals surface area (Å²) in [5.41, 5.74) is 1.12. The van der Waals surface area contributed by atoms with E-state index in [1.54, 1.807) is 7.11 Å². The summed E-state index contributed by atoms with van der Waals surface area (Å²) in [7, 11) is 1.66. The monoisotopic (exact) mass is 288 g/mol. The van der Waals surface area contributed by atoms with Crippen LogP contribution in [0.25, 0.3) is 0 Å². The van der Waals surface area contributed by atoms with Crippen LogP contribution in [0.15, 0.2) is 36.9 Å². The number of carbonyl (C=O) groups excluding carboxylic acids is 1. The first kappa shape index (κ1) is 15.6. The zero-order valence-electron chi connectivity index (χ0n) is 12.7. The first-order valence-corrected chi connectivity index (χ1v) is 7.48. The molecule has 1 aliphatic rings. The van der Waals surface area contributed by atoms with Gasteiger partial charge in [0.2, 0.25) is 5.91 Å². The van der Waals surface area contributed by atoms with Gasteiger partial charge in [-0.1, -0.05) is 18.2 Å². The molecule has 1 heterocycles. The van der Waals surface area contributed by atoms with E-state index in [1.165, 1.54) is 0 Å². The van der Waals surface area contributed by atoms with E-state index < -0.39 is 0 Å². The van der Waals surface area contributed by atoms with Crippen LogP contribution in [0, 0.1) is 0 Å². The second-order valence-corrected chi connectivity index (χ2v) is 5.35.